The van der Waals surface area contributed by atoms with Gasteiger partial charge in [-0.2, -0.15) is 0 Å². The molecule has 5 nitrogen and oxygen atoms in total. The molecule has 0 aromatic carbocycles. The largest absolute Gasteiger partial charge is 0.391 e. The van der Waals surface area contributed by atoms with Crippen molar-refractivity contribution < 1.29 is 14.4 Å². The van der Waals surface area contributed by atoms with Gasteiger partial charge in [0.1, 0.15) is 0 Å². The van der Waals surface area contributed by atoms with Gasteiger partial charge in [-0.05, 0) is 24.3 Å². The molecule has 1 aliphatic carbocycles. The van der Waals surface area contributed by atoms with E-state index in [1.807, 2.05) is 17.5 Å². The topological polar surface area (TPSA) is 75.4 Å². The summed E-state index contributed by atoms with van der Waals surface area (Å²) in [6.07, 6.45) is 3.13. The lowest BCUT2D eigenvalue weighted by atomic mass is 9.92. The summed E-state index contributed by atoms with van der Waals surface area (Å²) in [7, 11) is 0. The standard InChI is InChI=1S/C14H16N2O3S/c17-11-5-2-1-4-9(11)15-14(18)10-8-12(19-16-10)13-6-3-7-20-13/h3,6-9,11,17H,1-2,4-5H2,(H,15,18)/t9-,11-/m1/s1. The van der Waals surface area contributed by atoms with E-state index in [4.69, 9.17) is 4.52 Å². The van der Waals surface area contributed by atoms with Crippen molar-refractivity contribution in [3.63, 3.8) is 0 Å². The van der Waals surface area contributed by atoms with Crippen LogP contribution in [0, 0.1) is 0 Å². The van der Waals surface area contributed by atoms with E-state index in [2.05, 4.69) is 10.5 Å². The molecule has 2 atom stereocenters. The minimum Gasteiger partial charge on any atom is -0.391 e. The third kappa shape index (κ3) is 2.76. The van der Waals surface area contributed by atoms with Gasteiger partial charge in [0.25, 0.3) is 5.91 Å². The summed E-state index contributed by atoms with van der Waals surface area (Å²) >= 11 is 1.53. The van der Waals surface area contributed by atoms with Crippen LogP contribution in [0.2, 0.25) is 0 Å². The minimum absolute atomic E-state index is 0.182. The summed E-state index contributed by atoms with van der Waals surface area (Å²) in [4.78, 5) is 13.0. The Kier molecular flexibility index (Phi) is 3.84. The van der Waals surface area contributed by atoms with Gasteiger partial charge in [-0.3, -0.25) is 4.79 Å². The Morgan fingerprint density at radius 1 is 1.45 bits per heavy atom. The Morgan fingerprint density at radius 2 is 2.30 bits per heavy atom. The van der Waals surface area contributed by atoms with Crippen LogP contribution >= 0.6 is 11.3 Å². The lowest BCUT2D eigenvalue weighted by Gasteiger charge is -2.27. The molecule has 1 amide bonds. The number of thiophene rings is 1. The van der Waals surface area contributed by atoms with Gasteiger partial charge in [0.2, 0.25) is 0 Å². The summed E-state index contributed by atoms with van der Waals surface area (Å²) in [5.41, 5.74) is 0.256. The number of nitrogens with zero attached hydrogens (tertiary/aromatic N) is 1. The van der Waals surface area contributed by atoms with Gasteiger partial charge >= 0.3 is 0 Å². The van der Waals surface area contributed by atoms with Crippen molar-refractivity contribution in [2.45, 2.75) is 37.8 Å². The maximum Gasteiger partial charge on any atom is 0.273 e. The van der Waals surface area contributed by atoms with E-state index in [0.29, 0.717) is 5.76 Å². The van der Waals surface area contributed by atoms with Crippen LogP contribution in [0.5, 0.6) is 0 Å². The quantitative estimate of drug-likeness (QED) is 0.911. The van der Waals surface area contributed by atoms with Crippen molar-refractivity contribution in [3.8, 4) is 10.6 Å². The van der Waals surface area contributed by atoms with Gasteiger partial charge in [0, 0.05) is 6.07 Å². The Balaban J connectivity index is 1.68. The second-order valence-electron chi connectivity index (χ2n) is 4.99. The number of carbonyl (C=O) groups excluding carboxylic acids is 1. The molecule has 20 heavy (non-hydrogen) atoms. The van der Waals surface area contributed by atoms with Crippen molar-refractivity contribution in [3.05, 3.63) is 29.3 Å². The van der Waals surface area contributed by atoms with Gasteiger partial charge in [0.05, 0.1) is 17.0 Å². The van der Waals surface area contributed by atoms with E-state index in [0.717, 1.165) is 30.6 Å². The molecule has 3 rings (SSSR count). The summed E-state index contributed by atoms with van der Waals surface area (Å²) in [6.45, 7) is 0. The summed E-state index contributed by atoms with van der Waals surface area (Å²) in [6, 6.07) is 5.28. The van der Waals surface area contributed by atoms with Crippen LogP contribution in [0.15, 0.2) is 28.1 Å². The molecular weight excluding hydrogens is 276 g/mol. The SMILES string of the molecule is O=C(N[C@@H]1CCCC[C@H]1O)c1cc(-c2cccs2)on1. The average Bonchev–Trinajstić information content (AvgIpc) is 3.11. The maximum absolute atomic E-state index is 12.1. The highest BCUT2D eigenvalue weighted by atomic mass is 32.1. The van der Waals surface area contributed by atoms with Crippen LogP contribution in [-0.2, 0) is 0 Å². The van der Waals surface area contributed by atoms with Crippen LogP contribution in [0.25, 0.3) is 10.6 Å². The molecular formula is C14H16N2O3S. The minimum atomic E-state index is -0.462. The zero-order valence-electron chi connectivity index (χ0n) is 10.9. The van der Waals surface area contributed by atoms with Gasteiger partial charge in [-0.15, -0.1) is 11.3 Å². The molecule has 2 heterocycles. The van der Waals surface area contributed by atoms with E-state index < -0.39 is 6.10 Å². The van der Waals surface area contributed by atoms with E-state index in [-0.39, 0.29) is 17.6 Å². The number of carbonyl (C=O) groups is 1. The van der Waals surface area contributed by atoms with Crippen LogP contribution in [0.3, 0.4) is 0 Å². The fourth-order valence-electron chi connectivity index (χ4n) is 2.44. The Morgan fingerprint density at radius 3 is 3.05 bits per heavy atom. The van der Waals surface area contributed by atoms with Crippen molar-refractivity contribution >= 4 is 17.2 Å². The van der Waals surface area contributed by atoms with Gasteiger partial charge in [0.15, 0.2) is 11.5 Å². The highest BCUT2D eigenvalue weighted by Gasteiger charge is 2.26. The summed E-state index contributed by atoms with van der Waals surface area (Å²) in [5.74, 6) is 0.303. The number of rotatable bonds is 3. The number of hydrogen-bond donors (Lipinski definition) is 2. The van der Waals surface area contributed by atoms with Gasteiger partial charge in [-0.1, -0.05) is 24.1 Å². The molecule has 0 aliphatic heterocycles. The summed E-state index contributed by atoms with van der Waals surface area (Å²) in [5, 5.41) is 18.4. The molecule has 2 N–H and O–H groups in total. The molecule has 0 saturated heterocycles. The normalized spacial score (nSPS) is 22.6. The molecule has 2 aromatic rings. The zero-order chi connectivity index (χ0) is 13.9. The molecule has 1 fully saturated rings. The van der Waals surface area contributed by atoms with Crippen molar-refractivity contribution in [1.29, 1.82) is 0 Å². The number of hydrogen-bond acceptors (Lipinski definition) is 5. The number of nitrogens with one attached hydrogen (secondary N) is 1. The van der Waals surface area contributed by atoms with Crippen LogP contribution < -0.4 is 5.32 Å². The van der Waals surface area contributed by atoms with Crippen molar-refractivity contribution in [2.75, 3.05) is 0 Å². The molecule has 0 spiro atoms. The third-order valence-corrected chi connectivity index (χ3v) is 4.44. The number of aliphatic hydroxyl groups is 1. The van der Waals surface area contributed by atoms with E-state index >= 15 is 0 Å². The first-order chi connectivity index (χ1) is 9.74. The van der Waals surface area contributed by atoms with Gasteiger partial charge in [-0.25, -0.2) is 0 Å². The van der Waals surface area contributed by atoms with E-state index in [1.54, 1.807) is 6.07 Å². The molecule has 0 bridgehead atoms. The number of aromatic nitrogens is 1. The first kappa shape index (κ1) is 13.3. The predicted molar refractivity (Wildman–Crippen MR) is 75.5 cm³/mol. The molecule has 0 radical (unpaired) electrons. The van der Waals surface area contributed by atoms with Gasteiger partial charge < -0.3 is 14.9 Å². The molecule has 6 heteroatoms. The molecule has 0 unspecified atom stereocenters. The summed E-state index contributed by atoms with van der Waals surface area (Å²) < 4.78 is 5.18. The molecule has 1 saturated carbocycles. The van der Waals surface area contributed by atoms with Crippen LogP contribution in [0.1, 0.15) is 36.2 Å². The highest BCUT2D eigenvalue weighted by molar-refractivity contribution is 7.13. The molecule has 1 aliphatic rings. The molecule has 106 valence electrons. The Bertz CT molecular complexity index is 579. The zero-order valence-corrected chi connectivity index (χ0v) is 11.7. The predicted octanol–water partition coefficient (Wildman–Crippen LogP) is 2.44. The highest BCUT2D eigenvalue weighted by Crippen LogP contribution is 2.25. The fraction of sp³-hybridized carbons (Fsp3) is 0.429. The first-order valence-corrected chi connectivity index (χ1v) is 7.61. The van der Waals surface area contributed by atoms with Crippen LogP contribution in [-0.4, -0.2) is 28.3 Å². The smallest absolute Gasteiger partial charge is 0.273 e. The first-order valence-electron chi connectivity index (χ1n) is 6.73. The molecule has 2 aromatic heterocycles. The lowest BCUT2D eigenvalue weighted by molar-refractivity contribution is 0.0711. The fourth-order valence-corrected chi connectivity index (χ4v) is 3.11. The lowest BCUT2D eigenvalue weighted by Crippen LogP contribution is -2.45. The monoisotopic (exact) mass is 292 g/mol. The van der Waals surface area contributed by atoms with E-state index in [9.17, 15) is 9.90 Å². The van der Waals surface area contributed by atoms with Crippen molar-refractivity contribution in [2.24, 2.45) is 0 Å². The van der Waals surface area contributed by atoms with Crippen molar-refractivity contribution in [1.82, 2.24) is 10.5 Å². The third-order valence-electron chi connectivity index (χ3n) is 3.55. The van der Waals surface area contributed by atoms with Crippen LogP contribution in [0.4, 0.5) is 0 Å². The maximum atomic E-state index is 12.1. The average molecular weight is 292 g/mol. The second kappa shape index (κ2) is 5.76. The number of amides is 1. The second-order valence-corrected chi connectivity index (χ2v) is 5.93. The van der Waals surface area contributed by atoms with E-state index in [1.165, 1.54) is 11.3 Å². The number of aliphatic hydroxyl groups excluding tert-OH is 1. The Hall–Kier alpha value is -1.66. The Labute approximate surface area is 120 Å².